The summed E-state index contributed by atoms with van der Waals surface area (Å²) in [4.78, 5) is 14.2. The number of benzene rings is 3. The Hall–Kier alpha value is -3.10. The summed E-state index contributed by atoms with van der Waals surface area (Å²) in [7, 11) is -4.19. The van der Waals surface area contributed by atoms with Gasteiger partial charge < -0.3 is 9.84 Å². The standard InChI is InChI=1S/C25H22BrNO5S/c1-3-32-20-6-4-5-17(15-20)22-24(33(30,31)21-13-7-16(2)8-14-21)23(28)25(29)27(22)19-11-9-18(26)10-12-19/h4-15,22,28H,3H2,1-2H3. The maximum absolute atomic E-state index is 13.7. The van der Waals surface area contributed by atoms with Crippen LogP contribution in [0.5, 0.6) is 5.75 Å². The van der Waals surface area contributed by atoms with Gasteiger partial charge in [-0.25, -0.2) is 8.42 Å². The van der Waals surface area contributed by atoms with Crippen molar-refractivity contribution < 1.29 is 23.1 Å². The normalized spacial score (nSPS) is 16.4. The summed E-state index contributed by atoms with van der Waals surface area (Å²) in [5.41, 5.74) is 1.86. The topological polar surface area (TPSA) is 83.9 Å². The number of rotatable bonds is 6. The van der Waals surface area contributed by atoms with Crippen LogP contribution >= 0.6 is 15.9 Å². The molecular weight excluding hydrogens is 506 g/mol. The summed E-state index contributed by atoms with van der Waals surface area (Å²) in [6.07, 6.45) is 0. The number of sulfone groups is 1. The molecule has 1 heterocycles. The van der Waals surface area contributed by atoms with Gasteiger partial charge in [-0.3, -0.25) is 9.69 Å². The number of carbonyl (C=O) groups excluding carboxylic acids is 1. The van der Waals surface area contributed by atoms with E-state index in [4.69, 9.17) is 4.74 Å². The quantitative estimate of drug-likeness (QED) is 0.458. The lowest BCUT2D eigenvalue weighted by Crippen LogP contribution is -2.31. The third-order valence-corrected chi connectivity index (χ3v) is 7.79. The van der Waals surface area contributed by atoms with Crippen LogP contribution in [0.2, 0.25) is 0 Å². The number of anilines is 1. The molecule has 6 nitrogen and oxygen atoms in total. The van der Waals surface area contributed by atoms with E-state index in [-0.39, 0.29) is 9.80 Å². The van der Waals surface area contributed by atoms with Crippen molar-refractivity contribution in [3.63, 3.8) is 0 Å². The van der Waals surface area contributed by atoms with Gasteiger partial charge in [0.1, 0.15) is 16.7 Å². The minimum absolute atomic E-state index is 0.00562. The van der Waals surface area contributed by atoms with E-state index >= 15 is 0 Å². The fourth-order valence-corrected chi connectivity index (χ4v) is 5.70. The van der Waals surface area contributed by atoms with Gasteiger partial charge >= 0.3 is 0 Å². The van der Waals surface area contributed by atoms with Gasteiger partial charge in [0, 0.05) is 10.2 Å². The van der Waals surface area contributed by atoms with Crippen LogP contribution in [0, 0.1) is 6.92 Å². The van der Waals surface area contributed by atoms with Crippen LogP contribution in [0.3, 0.4) is 0 Å². The number of aliphatic hydroxyl groups is 1. The largest absolute Gasteiger partial charge is 0.502 e. The van der Waals surface area contributed by atoms with E-state index in [0.717, 1.165) is 10.0 Å². The molecule has 0 aliphatic carbocycles. The molecule has 8 heteroatoms. The summed E-state index contributed by atoms with van der Waals surface area (Å²) < 4.78 is 33.8. The molecule has 1 N–H and O–H groups in total. The first-order valence-corrected chi connectivity index (χ1v) is 12.6. The van der Waals surface area contributed by atoms with Crippen molar-refractivity contribution in [1.29, 1.82) is 0 Å². The molecule has 33 heavy (non-hydrogen) atoms. The van der Waals surface area contributed by atoms with Gasteiger partial charge in [-0.2, -0.15) is 0 Å². The van der Waals surface area contributed by atoms with Crippen molar-refractivity contribution >= 4 is 37.4 Å². The second kappa shape index (κ2) is 9.03. The van der Waals surface area contributed by atoms with Gasteiger partial charge in [-0.1, -0.05) is 45.8 Å². The molecule has 0 bridgehead atoms. The Balaban J connectivity index is 1.93. The first-order valence-electron chi connectivity index (χ1n) is 10.3. The fourth-order valence-electron chi connectivity index (χ4n) is 3.81. The third-order valence-electron chi connectivity index (χ3n) is 5.37. The maximum Gasteiger partial charge on any atom is 0.295 e. The Kier molecular flexibility index (Phi) is 6.32. The molecular formula is C25H22BrNO5S. The average Bonchev–Trinajstić information content (AvgIpc) is 3.06. The van der Waals surface area contributed by atoms with E-state index in [0.29, 0.717) is 23.6 Å². The van der Waals surface area contributed by atoms with E-state index in [1.165, 1.54) is 17.0 Å². The SMILES string of the molecule is CCOc1cccc(C2C(S(=O)(=O)c3ccc(C)cc3)=C(O)C(=O)N2c2ccc(Br)cc2)c1. The highest BCUT2D eigenvalue weighted by Gasteiger charge is 2.47. The van der Waals surface area contributed by atoms with Gasteiger partial charge in [-0.15, -0.1) is 0 Å². The zero-order chi connectivity index (χ0) is 23.8. The van der Waals surface area contributed by atoms with Crippen molar-refractivity contribution in [2.24, 2.45) is 0 Å². The van der Waals surface area contributed by atoms with E-state index in [1.54, 1.807) is 60.7 Å². The molecule has 1 aliphatic rings. The summed E-state index contributed by atoms with van der Waals surface area (Å²) in [5, 5.41) is 10.9. The van der Waals surface area contributed by atoms with Crippen LogP contribution in [-0.2, 0) is 14.6 Å². The Morgan fingerprint density at radius 3 is 2.33 bits per heavy atom. The number of nitrogens with zero attached hydrogens (tertiary/aromatic N) is 1. The molecule has 1 aliphatic heterocycles. The molecule has 1 amide bonds. The second-order valence-corrected chi connectivity index (χ2v) is 10.4. The van der Waals surface area contributed by atoms with E-state index in [2.05, 4.69) is 15.9 Å². The zero-order valence-corrected chi connectivity index (χ0v) is 20.4. The van der Waals surface area contributed by atoms with Crippen molar-refractivity contribution in [3.05, 3.63) is 99.1 Å². The Morgan fingerprint density at radius 2 is 1.70 bits per heavy atom. The Bertz CT molecular complexity index is 1330. The van der Waals surface area contributed by atoms with Gasteiger partial charge in [0.05, 0.1) is 11.5 Å². The number of carbonyl (C=O) groups is 1. The lowest BCUT2D eigenvalue weighted by molar-refractivity contribution is -0.117. The molecule has 170 valence electrons. The lowest BCUT2D eigenvalue weighted by atomic mass is 10.1. The van der Waals surface area contributed by atoms with Crippen LogP contribution in [0.4, 0.5) is 5.69 Å². The highest BCUT2D eigenvalue weighted by atomic mass is 79.9. The van der Waals surface area contributed by atoms with Crippen LogP contribution < -0.4 is 9.64 Å². The minimum atomic E-state index is -4.19. The van der Waals surface area contributed by atoms with Crippen LogP contribution in [-0.4, -0.2) is 26.0 Å². The number of aliphatic hydroxyl groups excluding tert-OH is 1. The molecule has 4 rings (SSSR count). The number of hydrogen-bond acceptors (Lipinski definition) is 5. The maximum atomic E-state index is 13.7. The van der Waals surface area contributed by atoms with Crippen molar-refractivity contribution in [1.82, 2.24) is 0 Å². The smallest absolute Gasteiger partial charge is 0.295 e. The molecule has 0 aromatic heterocycles. The molecule has 0 radical (unpaired) electrons. The zero-order valence-electron chi connectivity index (χ0n) is 18.0. The van der Waals surface area contributed by atoms with Gasteiger partial charge in [0.25, 0.3) is 5.91 Å². The molecule has 0 fully saturated rings. The van der Waals surface area contributed by atoms with Crippen molar-refractivity contribution in [2.45, 2.75) is 24.8 Å². The molecule has 1 unspecified atom stereocenters. The Labute approximate surface area is 201 Å². The van der Waals surface area contributed by atoms with Gasteiger partial charge in [0.2, 0.25) is 9.84 Å². The predicted molar refractivity (Wildman–Crippen MR) is 130 cm³/mol. The number of aryl methyl sites for hydroxylation is 1. The lowest BCUT2D eigenvalue weighted by Gasteiger charge is -2.27. The van der Waals surface area contributed by atoms with E-state index in [1.807, 2.05) is 13.8 Å². The van der Waals surface area contributed by atoms with Crippen molar-refractivity contribution in [2.75, 3.05) is 11.5 Å². The molecule has 3 aromatic rings. The highest BCUT2D eigenvalue weighted by molar-refractivity contribution is 9.10. The highest BCUT2D eigenvalue weighted by Crippen LogP contribution is 2.45. The second-order valence-electron chi connectivity index (χ2n) is 7.59. The van der Waals surface area contributed by atoms with E-state index in [9.17, 15) is 18.3 Å². The van der Waals surface area contributed by atoms with Gasteiger partial charge in [-0.05, 0) is 67.9 Å². The van der Waals surface area contributed by atoms with Crippen LogP contribution in [0.25, 0.3) is 0 Å². The van der Waals surface area contributed by atoms with E-state index < -0.39 is 27.5 Å². The summed E-state index contributed by atoms with van der Waals surface area (Å²) in [6, 6.07) is 19.0. The molecule has 0 spiro atoms. The summed E-state index contributed by atoms with van der Waals surface area (Å²) in [6.45, 7) is 4.13. The summed E-state index contributed by atoms with van der Waals surface area (Å²) in [5.74, 6) is -1.03. The number of ether oxygens (including phenoxy) is 1. The molecule has 0 saturated heterocycles. The average molecular weight is 528 g/mol. The monoisotopic (exact) mass is 527 g/mol. The minimum Gasteiger partial charge on any atom is -0.502 e. The first kappa shape index (κ1) is 23.1. The van der Waals surface area contributed by atoms with Gasteiger partial charge in [0.15, 0.2) is 5.76 Å². The number of halogens is 1. The first-order chi connectivity index (χ1) is 15.7. The molecule has 1 atom stereocenters. The van der Waals surface area contributed by atoms with Crippen LogP contribution in [0.15, 0.2) is 92.8 Å². The fraction of sp³-hybridized carbons (Fsp3) is 0.160. The summed E-state index contributed by atoms with van der Waals surface area (Å²) >= 11 is 3.37. The predicted octanol–water partition coefficient (Wildman–Crippen LogP) is 5.49. The number of amides is 1. The van der Waals surface area contributed by atoms with Crippen LogP contribution in [0.1, 0.15) is 24.1 Å². The molecule has 3 aromatic carbocycles. The number of hydrogen-bond donors (Lipinski definition) is 1. The Morgan fingerprint density at radius 1 is 1.03 bits per heavy atom. The van der Waals surface area contributed by atoms with Crippen molar-refractivity contribution in [3.8, 4) is 5.75 Å². The third kappa shape index (κ3) is 4.28. The molecule has 0 saturated carbocycles.